The number of fused-ring (bicyclic) bond motifs is 1. The van der Waals surface area contributed by atoms with Crippen molar-refractivity contribution in [1.82, 2.24) is 4.57 Å². The number of rotatable bonds is 5. The van der Waals surface area contributed by atoms with Gasteiger partial charge in [0.15, 0.2) is 4.80 Å². The van der Waals surface area contributed by atoms with Crippen molar-refractivity contribution >= 4 is 33.1 Å². The normalized spacial score (nSPS) is 11.8. The van der Waals surface area contributed by atoms with Crippen LogP contribution in [0.25, 0.3) is 10.2 Å². The molecule has 6 nitrogen and oxygen atoms in total. The molecule has 7 heteroatoms. The molecule has 2 aromatic carbocycles. The third-order valence-corrected chi connectivity index (χ3v) is 5.62. The van der Waals surface area contributed by atoms with Crippen LogP contribution in [0, 0.1) is 30.9 Å². The number of hydrogen-bond acceptors (Lipinski definition) is 4. The summed E-state index contributed by atoms with van der Waals surface area (Å²) in [5, 5.41) is 11.0. The lowest BCUT2D eigenvalue weighted by molar-refractivity contribution is -0.384. The number of nitro groups is 1. The van der Waals surface area contributed by atoms with Crippen LogP contribution in [-0.4, -0.2) is 15.4 Å². The first kappa shape index (κ1) is 19.7. The Morgan fingerprint density at radius 2 is 1.93 bits per heavy atom. The summed E-state index contributed by atoms with van der Waals surface area (Å²) >= 11 is 1.27. The molecule has 144 valence electrons. The van der Waals surface area contributed by atoms with E-state index in [1.54, 1.807) is 12.1 Å². The number of nitro benzene ring substituents is 1. The molecule has 1 heterocycles. The number of amides is 1. The van der Waals surface area contributed by atoms with E-state index in [9.17, 15) is 14.9 Å². The number of benzene rings is 2. The molecule has 1 aromatic heterocycles. The SMILES string of the molecule is C=CCn1c(=NC(=O)Cc2c(C)cc(C)cc2C)sc2cc([N+](=O)[O-])ccc21. The molecule has 0 unspecified atom stereocenters. The fourth-order valence-corrected chi connectivity index (χ4v) is 4.44. The maximum absolute atomic E-state index is 12.7. The van der Waals surface area contributed by atoms with E-state index in [4.69, 9.17) is 0 Å². The number of non-ortho nitro benzene ring substituents is 1. The molecule has 0 saturated heterocycles. The van der Waals surface area contributed by atoms with Crippen molar-refractivity contribution < 1.29 is 9.72 Å². The number of hydrogen-bond donors (Lipinski definition) is 0. The first-order chi connectivity index (χ1) is 13.3. The summed E-state index contributed by atoms with van der Waals surface area (Å²) in [6, 6.07) is 8.78. The fourth-order valence-electron chi connectivity index (χ4n) is 3.35. The Bertz CT molecular complexity index is 1150. The van der Waals surface area contributed by atoms with Crippen molar-refractivity contribution in [2.45, 2.75) is 33.7 Å². The van der Waals surface area contributed by atoms with Crippen LogP contribution in [0.1, 0.15) is 22.3 Å². The molecule has 0 N–H and O–H groups in total. The summed E-state index contributed by atoms with van der Waals surface area (Å²) in [6.07, 6.45) is 1.94. The monoisotopic (exact) mass is 395 g/mol. The molecule has 0 aliphatic carbocycles. The molecule has 0 radical (unpaired) electrons. The number of allylic oxidation sites excluding steroid dienone is 1. The average Bonchev–Trinajstić information content (AvgIpc) is 2.95. The van der Waals surface area contributed by atoms with Crippen LogP contribution in [0.4, 0.5) is 5.69 Å². The van der Waals surface area contributed by atoms with Gasteiger partial charge in [-0.15, -0.1) is 6.58 Å². The topological polar surface area (TPSA) is 77.5 Å². The highest BCUT2D eigenvalue weighted by Gasteiger charge is 2.13. The molecule has 0 atom stereocenters. The largest absolute Gasteiger partial charge is 0.312 e. The van der Waals surface area contributed by atoms with Gasteiger partial charge in [0.2, 0.25) is 0 Å². The van der Waals surface area contributed by atoms with Gasteiger partial charge in [0, 0.05) is 18.7 Å². The van der Waals surface area contributed by atoms with Gasteiger partial charge in [-0.05, 0) is 43.5 Å². The molecule has 0 spiro atoms. The maximum atomic E-state index is 12.7. The molecule has 0 bridgehead atoms. The molecule has 1 amide bonds. The highest BCUT2D eigenvalue weighted by atomic mass is 32.1. The van der Waals surface area contributed by atoms with Crippen LogP contribution in [0.5, 0.6) is 0 Å². The second-order valence-corrected chi connectivity index (χ2v) is 7.76. The lowest BCUT2D eigenvalue weighted by Gasteiger charge is -2.09. The number of nitrogens with zero attached hydrogens (tertiary/aromatic N) is 3. The molecule has 0 aliphatic heterocycles. The van der Waals surface area contributed by atoms with Crippen molar-refractivity contribution in [3.05, 3.63) is 80.2 Å². The zero-order chi connectivity index (χ0) is 20.4. The van der Waals surface area contributed by atoms with Crippen LogP contribution >= 0.6 is 11.3 Å². The van der Waals surface area contributed by atoms with E-state index < -0.39 is 4.92 Å². The van der Waals surface area contributed by atoms with Crippen LogP contribution in [0.3, 0.4) is 0 Å². The molecule has 3 aromatic rings. The van der Waals surface area contributed by atoms with Gasteiger partial charge in [0.25, 0.3) is 11.6 Å². The number of aromatic nitrogens is 1. The Morgan fingerprint density at radius 1 is 1.25 bits per heavy atom. The average molecular weight is 395 g/mol. The molecule has 0 saturated carbocycles. The number of carbonyl (C=O) groups is 1. The van der Waals surface area contributed by atoms with Crippen molar-refractivity contribution in [3.63, 3.8) is 0 Å². The molecular formula is C21H21N3O3S. The first-order valence-electron chi connectivity index (χ1n) is 8.83. The van der Waals surface area contributed by atoms with Crippen LogP contribution in [0.15, 0.2) is 48.0 Å². The Balaban J connectivity index is 2.05. The summed E-state index contributed by atoms with van der Waals surface area (Å²) in [6.45, 7) is 10.3. The van der Waals surface area contributed by atoms with Gasteiger partial charge in [-0.2, -0.15) is 4.99 Å². The fraction of sp³-hybridized carbons (Fsp3) is 0.238. The molecule has 28 heavy (non-hydrogen) atoms. The second-order valence-electron chi connectivity index (χ2n) is 6.75. The van der Waals surface area contributed by atoms with Crippen molar-refractivity contribution in [2.24, 2.45) is 4.99 Å². The smallest absolute Gasteiger partial charge is 0.270 e. The van der Waals surface area contributed by atoms with Crippen molar-refractivity contribution in [3.8, 4) is 0 Å². The van der Waals surface area contributed by atoms with Gasteiger partial charge in [0.1, 0.15) is 0 Å². The summed E-state index contributed by atoms with van der Waals surface area (Å²) < 4.78 is 2.56. The molecule has 3 rings (SSSR count). The predicted octanol–water partition coefficient (Wildman–Crippen LogP) is 4.39. The minimum Gasteiger partial charge on any atom is -0.312 e. The number of aryl methyl sites for hydroxylation is 3. The zero-order valence-electron chi connectivity index (χ0n) is 16.1. The third-order valence-electron chi connectivity index (χ3n) is 4.58. The first-order valence-corrected chi connectivity index (χ1v) is 9.64. The van der Waals surface area contributed by atoms with E-state index >= 15 is 0 Å². The molecule has 0 fully saturated rings. The van der Waals surface area contributed by atoms with E-state index in [-0.39, 0.29) is 18.0 Å². The van der Waals surface area contributed by atoms with E-state index in [1.807, 2.05) is 25.3 Å². The summed E-state index contributed by atoms with van der Waals surface area (Å²) in [4.78, 5) is 28.1. The van der Waals surface area contributed by atoms with E-state index in [2.05, 4.69) is 23.7 Å². The van der Waals surface area contributed by atoms with Gasteiger partial charge in [-0.3, -0.25) is 14.9 Å². The van der Waals surface area contributed by atoms with Gasteiger partial charge < -0.3 is 4.57 Å². The van der Waals surface area contributed by atoms with Gasteiger partial charge in [-0.1, -0.05) is 35.1 Å². The van der Waals surface area contributed by atoms with Crippen molar-refractivity contribution in [2.75, 3.05) is 0 Å². The minimum atomic E-state index is -0.429. The minimum absolute atomic E-state index is 0.0169. The summed E-state index contributed by atoms with van der Waals surface area (Å²) in [5.74, 6) is -0.242. The highest BCUT2D eigenvalue weighted by molar-refractivity contribution is 7.16. The molecule has 0 aliphatic rings. The Morgan fingerprint density at radius 3 is 2.54 bits per heavy atom. The Labute approximate surface area is 166 Å². The quantitative estimate of drug-likeness (QED) is 0.365. The lowest BCUT2D eigenvalue weighted by Crippen LogP contribution is -2.17. The van der Waals surface area contributed by atoms with E-state index in [0.717, 1.165) is 27.8 Å². The van der Waals surface area contributed by atoms with Crippen LogP contribution in [-0.2, 0) is 17.8 Å². The van der Waals surface area contributed by atoms with E-state index in [0.29, 0.717) is 16.0 Å². The highest BCUT2D eigenvalue weighted by Crippen LogP contribution is 2.23. The van der Waals surface area contributed by atoms with Gasteiger partial charge >= 0.3 is 0 Å². The van der Waals surface area contributed by atoms with Gasteiger partial charge in [-0.25, -0.2) is 0 Å². The van der Waals surface area contributed by atoms with Crippen molar-refractivity contribution in [1.29, 1.82) is 0 Å². The standard InChI is InChI=1S/C21H21N3O3S/c1-5-8-23-18-7-6-16(24(26)27)11-19(18)28-21(23)22-20(25)12-17-14(3)9-13(2)10-15(17)4/h5-7,9-11H,1,8,12H2,2-4H3. The van der Waals surface area contributed by atoms with E-state index in [1.165, 1.54) is 23.5 Å². The summed E-state index contributed by atoms with van der Waals surface area (Å²) in [7, 11) is 0. The molecular weight excluding hydrogens is 374 g/mol. The third kappa shape index (κ3) is 3.94. The van der Waals surface area contributed by atoms with Crippen LogP contribution < -0.4 is 4.80 Å². The maximum Gasteiger partial charge on any atom is 0.270 e. The Kier molecular flexibility index (Phi) is 5.56. The summed E-state index contributed by atoms with van der Waals surface area (Å²) in [5.41, 5.74) is 5.12. The second kappa shape index (κ2) is 7.90. The number of thiazole rings is 1. The van der Waals surface area contributed by atoms with Gasteiger partial charge in [0.05, 0.1) is 21.6 Å². The lowest BCUT2D eigenvalue weighted by atomic mass is 9.97. The zero-order valence-corrected chi connectivity index (χ0v) is 16.9. The van der Waals surface area contributed by atoms with Crippen LogP contribution in [0.2, 0.25) is 0 Å². The predicted molar refractivity (Wildman–Crippen MR) is 112 cm³/mol. The Hall–Kier alpha value is -3.06. The number of carbonyl (C=O) groups excluding carboxylic acids is 1.